The summed E-state index contributed by atoms with van der Waals surface area (Å²) in [6.07, 6.45) is 7.27. The molecular formula is C25H37N7O5. The highest BCUT2D eigenvalue weighted by Crippen LogP contribution is 2.60. The molecule has 4 bridgehead atoms. The van der Waals surface area contributed by atoms with Crippen LogP contribution in [0.3, 0.4) is 0 Å². The standard InChI is InChI=1S/C25H37N7O5/c26-13-20-15-30(29-28-20)4-5-36-6-7-37-25-11-18-8-19(12-25)10-24(9-18,17-25)32(23(34)35)16-22(33)31-3-1-2-21(31)14-27/h15,18-19,21H,1-13,16-17,26H2,(H,34,35)/t18-,19?,21?,24?,25?/m0/s1. The van der Waals surface area contributed by atoms with E-state index in [9.17, 15) is 20.0 Å². The number of hydrogen-bond acceptors (Lipinski definition) is 8. The van der Waals surface area contributed by atoms with Gasteiger partial charge in [0, 0.05) is 19.3 Å². The van der Waals surface area contributed by atoms with Crippen LogP contribution in [-0.2, 0) is 27.4 Å². The summed E-state index contributed by atoms with van der Waals surface area (Å²) in [4.78, 5) is 28.5. The van der Waals surface area contributed by atoms with Crippen LogP contribution in [0.4, 0.5) is 4.79 Å². The van der Waals surface area contributed by atoms with Gasteiger partial charge in [-0.15, -0.1) is 5.10 Å². The lowest BCUT2D eigenvalue weighted by molar-refractivity contribution is -0.200. The number of ether oxygens (including phenoxy) is 2. The summed E-state index contributed by atoms with van der Waals surface area (Å²) in [6, 6.07) is 1.73. The molecule has 4 unspecified atom stereocenters. The molecule has 37 heavy (non-hydrogen) atoms. The van der Waals surface area contributed by atoms with Gasteiger partial charge in [-0.1, -0.05) is 5.21 Å². The molecule has 6 rings (SSSR count). The third-order valence-electron chi connectivity index (χ3n) is 8.69. The third kappa shape index (κ3) is 5.30. The Kier molecular flexibility index (Phi) is 7.38. The van der Waals surface area contributed by atoms with Crippen LogP contribution in [0.25, 0.3) is 0 Å². The molecule has 0 spiro atoms. The van der Waals surface area contributed by atoms with Gasteiger partial charge in [0.25, 0.3) is 0 Å². The molecular weight excluding hydrogens is 478 g/mol. The van der Waals surface area contributed by atoms with Crippen LogP contribution in [0, 0.1) is 23.2 Å². The van der Waals surface area contributed by atoms with Crippen LogP contribution in [0.1, 0.15) is 57.1 Å². The van der Waals surface area contributed by atoms with Gasteiger partial charge in [-0.05, 0) is 63.2 Å². The maximum atomic E-state index is 13.1. The summed E-state index contributed by atoms with van der Waals surface area (Å²) in [5.41, 5.74) is 5.32. The fourth-order valence-corrected chi connectivity index (χ4v) is 7.60. The molecule has 2 heterocycles. The minimum Gasteiger partial charge on any atom is -0.465 e. The van der Waals surface area contributed by atoms with Gasteiger partial charge in [0.15, 0.2) is 0 Å². The molecule has 202 valence electrons. The largest absolute Gasteiger partial charge is 0.465 e. The summed E-state index contributed by atoms with van der Waals surface area (Å²) < 4.78 is 13.9. The molecule has 4 aliphatic carbocycles. The minimum atomic E-state index is -1.06. The van der Waals surface area contributed by atoms with Crippen molar-refractivity contribution in [1.82, 2.24) is 24.8 Å². The number of aromatic nitrogens is 3. The number of nitrogens with zero attached hydrogens (tertiary/aromatic N) is 6. The molecule has 5 aliphatic rings. The van der Waals surface area contributed by atoms with Gasteiger partial charge in [0.1, 0.15) is 12.6 Å². The molecule has 5 atom stereocenters. The zero-order chi connectivity index (χ0) is 26.0. The van der Waals surface area contributed by atoms with E-state index in [4.69, 9.17) is 15.2 Å². The summed E-state index contributed by atoms with van der Waals surface area (Å²) in [5.74, 6) is 0.514. The molecule has 12 heteroatoms. The van der Waals surface area contributed by atoms with Gasteiger partial charge >= 0.3 is 6.09 Å². The van der Waals surface area contributed by atoms with Crippen LogP contribution in [0.5, 0.6) is 0 Å². The molecule has 4 saturated carbocycles. The van der Waals surface area contributed by atoms with Crippen molar-refractivity contribution in [1.29, 1.82) is 5.26 Å². The Morgan fingerprint density at radius 2 is 2.03 bits per heavy atom. The van der Waals surface area contributed by atoms with Crippen molar-refractivity contribution in [3.05, 3.63) is 11.9 Å². The number of carboxylic acid groups (broad SMARTS) is 1. The van der Waals surface area contributed by atoms with E-state index in [1.54, 1.807) is 15.8 Å². The van der Waals surface area contributed by atoms with Crippen LogP contribution >= 0.6 is 0 Å². The number of amides is 2. The summed E-state index contributed by atoms with van der Waals surface area (Å²) in [7, 11) is 0. The highest BCUT2D eigenvalue weighted by atomic mass is 16.5. The average molecular weight is 516 g/mol. The molecule has 1 aromatic rings. The first-order valence-corrected chi connectivity index (χ1v) is 13.4. The number of carbonyl (C=O) groups is 2. The van der Waals surface area contributed by atoms with Gasteiger partial charge < -0.3 is 25.2 Å². The van der Waals surface area contributed by atoms with E-state index < -0.39 is 17.7 Å². The normalized spacial score (nSPS) is 32.0. The van der Waals surface area contributed by atoms with Crippen molar-refractivity contribution in [2.45, 2.75) is 81.6 Å². The summed E-state index contributed by atoms with van der Waals surface area (Å²) in [6.45, 7) is 2.61. The fraction of sp³-hybridized carbons (Fsp3) is 0.800. The number of nitrogens with two attached hydrogens (primary N) is 1. The second kappa shape index (κ2) is 10.6. The van der Waals surface area contributed by atoms with E-state index in [0.717, 1.165) is 44.2 Å². The molecule has 1 aliphatic heterocycles. The van der Waals surface area contributed by atoms with Gasteiger partial charge in [-0.25, -0.2) is 9.48 Å². The van der Waals surface area contributed by atoms with Crippen molar-refractivity contribution in [3.8, 4) is 6.07 Å². The predicted octanol–water partition coefficient (Wildman–Crippen LogP) is 1.36. The predicted molar refractivity (Wildman–Crippen MR) is 130 cm³/mol. The SMILES string of the molecule is N#CC1CCCN1C(=O)CN(C(=O)O)C12CC3C[C@H](CC(OCCOCCn4cc(CN)nn4)(C3)C1)C2. The lowest BCUT2D eigenvalue weighted by Crippen LogP contribution is -2.68. The Morgan fingerprint density at radius 1 is 1.24 bits per heavy atom. The molecule has 1 saturated heterocycles. The molecule has 0 aromatic carbocycles. The molecule has 3 N–H and O–H groups in total. The van der Waals surface area contributed by atoms with E-state index in [2.05, 4.69) is 16.4 Å². The lowest BCUT2D eigenvalue weighted by Gasteiger charge is -2.63. The number of likely N-dealkylation sites (tertiary alicyclic amines) is 1. The zero-order valence-electron chi connectivity index (χ0n) is 21.3. The van der Waals surface area contributed by atoms with Crippen LogP contribution < -0.4 is 5.73 Å². The van der Waals surface area contributed by atoms with E-state index in [0.29, 0.717) is 64.1 Å². The Bertz CT molecular complexity index is 1020. The third-order valence-corrected chi connectivity index (χ3v) is 8.69. The highest BCUT2D eigenvalue weighted by Gasteiger charge is 2.61. The first-order valence-electron chi connectivity index (χ1n) is 13.4. The van der Waals surface area contributed by atoms with Crippen LogP contribution in [-0.4, -0.2) is 92.0 Å². The van der Waals surface area contributed by atoms with Gasteiger partial charge in [-0.3, -0.25) is 9.69 Å². The fourth-order valence-electron chi connectivity index (χ4n) is 7.60. The molecule has 2 amide bonds. The van der Waals surface area contributed by atoms with Gasteiger partial charge in [0.2, 0.25) is 5.91 Å². The van der Waals surface area contributed by atoms with Gasteiger partial charge in [-0.2, -0.15) is 5.26 Å². The Hall–Kier alpha value is -2.75. The maximum Gasteiger partial charge on any atom is 0.408 e. The van der Waals surface area contributed by atoms with E-state index in [1.807, 2.05) is 0 Å². The Labute approximate surface area is 216 Å². The monoisotopic (exact) mass is 515 g/mol. The second-order valence-corrected chi connectivity index (χ2v) is 11.2. The molecule has 1 aromatic heterocycles. The summed E-state index contributed by atoms with van der Waals surface area (Å²) >= 11 is 0. The van der Waals surface area contributed by atoms with Crippen molar-refractivity contribution in [2.24, 2.45) is 17.6 Å². The van der Waals surface area contributed by atoms with Crippen molar-refractivity contribution in [3.63, 3.8) is 0 Å². The summed E-state index contributed by atoms with van der Waals surface area (Å²) in [5, 5.41) is 27.6. The Morgan fingerprint density at radius 3 is 2.70 bits per heavy atom. The number of rotatable bonds is 11. The maximum absolute atomic E-state index is 13.1. The smallest absolute Gasteiger partial charge is 0.408 e. The van der Waals surface area contributed by atoms with Crippen LogP contribution in [0.2, 0.25) is 0 Å². The van der Waals surface area contributed by atoms with Gasteiger partial charge in [0.05, 0.1) is 49.3 Å². The Balaban J connectivity index is 1.18. The van der Waals surface area contributed by atoms with E-state index in [-0.39, 0.29) is 18.1 Å². The van der Waals surface area contributed by atoms with Crippen molar-refractivity contribution >= 4 is 12.0 Å². The average Bonchev–Trinajstić information content (AvgIpc) is 3.52. The lowest BCUT2D eigenvalue weighted by atomic mass is 9.50. The quantitative estimate of drug-likeness (QED) is 0.415. The first-order chi connectivity index (χ1) is 17.9. The number of hydrogen-bond donors (Lipinski definition) is 2. The topological polar surface area (TPSA) is 160 Å². The van der Waals surface area contributed by atoms with Crippen molar-refractivity contribution in [2.75, 3.05) is 32.9 Å². The van der Waals surface area contributed by atoms with E-state index >= 15 is 0 Å². The number of nitriles is 1. The molecule has 5 fully saturated rings. The van der Waals surface area contributed by atoms with Crippen molar-refractivity contribution < 1.29 is 24.2 Å². The molecule has 0 radical (unpaired) electrons. The van der Waals surface area contributed by atoms with Crippen LogP contribution in [0.15, 0.2) is 6.20 Å². The zero-order valence-corrected chi connectivity index (χ0v) is 21.3. The second-order valence-electron chi connectivity index (χ2n) is 11.2. The molecule has 12 nitrogen and oxygen atoms in total. The van der Waals surface area contributed by atoms with E-state index in [1.165, 1.54) is 4.90 Å². The minimum absolute atomic E-state index is 0.194. The number of carbonyl (C=O) groups excluding carboxylic acids is 1. The highest BCUT2D eigenvalue weighted by molar-refractivity contribution is 5.83. The first kappa shape index (κ1) is 25.9.